The van der Waals surface area contributed by atoms with Gasteiger partial charge >= 0.3 is 0 Å². The third kappa shape index (κ3) is 2.79. The van der Waals surface area contributed by atoms with Gasteiger partial charge in [0.25, 0.3) is 0 Å². The molecule has 0 aromatic heterocycles. The molecule has 1 aromatic rings. The Hall–Kier alpha value is -0.360. The largest absolute Gasteiger partial charge is 0.378 e. The molecule has 1 saturated heterocycles. The summed E-state index contributed by atoms with van der Waals surface area (Å²) in [6, 6.07) is 5.30. The first kappa shape index (κ1) is 14.1. The van der Waals surface area contributed by atoms with Crippen molar-refractivity contribution >= 4 is 28.3 Å². The molecule has 18 heavy (non-hydrogen) atoms. The van der Waals surface area contributed by atoms with Crippen LogP contribution in [0.1, 0.15) is 34.1 Å². The van der Waals surface area contributed by atoms with Crippen LogP contribution in [0.3, 0.4) is 0 Å². The number of hydrogen-bond donors (Lipinski definition) is 1. The molecule has 0 spiro atoms. The summed E-state index contributed by atoms with van der Waals surface area (Å²) in [4.78, 5) is 0. The van der Waals surface area contributed by atoms with Crippen molar-refractivity contribution in [2.75, 3.05) is 5.32 Å². The van der Waals surface area contributed by atoms with E-state index in [2.05, 4.69) is 33.0 Å². The molecule has 1 aromatic carbocycles. The lowest BCUT2D eigenvalue weighted by molar-refractivity contribution is -0.0662. The number of hydrogen-bond acceptors (Lipinski definition) is 2. The molecular formula is C14H19FINO. The van der Waals surface area contributed by atoms with Crippen LogP contribution in [0.2, 0.25) is 0 Å². The van der Waals surface area contributed by atoms with Gasteiger partial charge in [-0.05, 0) is 68.8 Å². The molecule has 1 N–H and O–H groups in total. The average Bonchev–Trinajstić information content (AvgIpc) is 2.42. The minimum Gasteiger partial charge on any atom is -0.378 e. The lowest BCUT2D eigenvalue weighted by Gasteiger charge is -2.28. The van der Waals surface area contributed by atoms with Crippen molar-refractivity contribution in [2.24, 2.45) is 0 Å². The predicted molar refractivity (Wildman–Crippen MR) is 80.4 cm³/mol. The summed E-state index contributed by atoms with van der Waals surface area (Å²) < 4.78 is 20.2. The fourth-order valence-corrected chi connectivity index (χ4v) is 3.11. The van der Waals surface area contributed by atoms with E-state index >= 15 is 0 Å². The highest BCUT2D eigenvalue weighted by Gasteiger charge is 2.45. The zero-order valence-corrected chi connectivity index (χ0v) is 13.3. The van der Waals surface area contributed by atoms with Crippen LogP contribution in [-0.4, -0.2) is 17.2 Å². The Morgan fingerprint density at radius 3 is 2.56 bits per heavy atom. The van der Waals surface area contributed by atoms with Crippen LogP contribution in [0, 0.1) is 9.39 Å². The van der Waals surface area contributed by atoms with Crippen molar-refractivity contribution in [2.45, 2.75) is 51.4 Å². The van der Waals surface area contributed by atoms with E-state index in [1.807, 2.05) is 28.7 Å². The molecule has 0 saturated carbocycles. The quantitative estimate of drug-likeness (QED) is 0.796. The molecule has 1 aliphatic heterocycles. The molecule has 0 bridgehead atoms. The standard InChI is InChI=1S/C14H19FINO/c1-13(2)8-11(14(3,4)18-13)17-10-7-5-6-9(15)12(10)16/h5-7,11,17H,8H2,1-4H3. The number of halogens is 2. The van der Waals surface area contributed by atoms with Crippen LogP contribution >= 0.6 is 22.6 Å². The van der Waals surface area contributed by atoms with E-state index in [1.165, 1.54) is 6.07 Å². The van der Waals surface area contributed by atoms with Crippen molar-refractivity contribution in [1.82, 2.24) is 0 Å². The molecule has 1 unspecified atom stereocenters. The molecule has 1 heterocycles. The van der Waals surface area contributed by atoms with Crippen molar-refractivity contribution < 1.29 is 9.13 Å². The fourth-order valence-electron chi connectivity index (χ4n) is 2.59. The predicted octanol–water partition coefficient (Wildman–Crippen LogP) is 4.19. The zero-order chi connectivity index (χ0) is 13.6. The summed E-state index contributed by atoms with van der Waals surface area (Å²) in [5.74, 6) is -0.184. The molecule has 2 nitrogen and oxygen atoms in total. The van der Waals surface area contributed by atoms with Crippen LogP contribution in [0.15, 0.2) is 18.2 Å². The van der Waals surface area contributed by atoms with Crippen molar-refractivity contribution in [3.8, 4) is 0 Å². The Bertz CT molecular complexity index is 459. The van der Waals surface area contributed by atoms with Crippen molar-refractivity contribution in [3.63, 3.8) is 0 Å². The number of ether oxygens (including phenoxy) is 1. The smallest absolute Gasteiger partial charge is 0.138 e. The zero-order valence-electron chi connectivity index (χ0n) is 11.2. The van der Waals surface area contributed by atoms with Gasteiger partial charge in [-0.25, -0.2) is 4.39 Å². The van der Waals surface area contributed by atoms with Gasteiger partial charge in [-0.1, -0.05) is 6.07 Å². The van der Waals surface area contributed by atoms with Gasteiger partial charge in [0.2, 0.25) is 0 Å². The maximum absolute atomic E-state index is 13.5. The molecule has 1 aliphatic rings. The Kier molecular flexibility index (Phi) is 3.62. The van der Waals surface area contributed by atoms with Gasteiger partial charge in [0.05, 0.1) is 26.5 Å². The summed E-state index contributed by atoms with van der Waals surface area (Å²) in [5.41, 5.74) is 0.453. The second-order valence-corrected chi connectivity index (χ2v) is 7.05. The first-order valence-electron chi connectivity index (χ1n) is 6.12. The van der Waals surface area contributed by atoms with E-state index in [0.717, 1.165) is 12.1 Å². The Morgan fingerprint density at radius 2 is 2.00 bits per heavy atom. The lowest BCUT2D eigenvalue weighted by Crippen LogP contribution is -2.38. The van der Waals surface area contributed by atoms with E-state index in [0.29, 0.717) is 3.57 Å². The van der Waals surface area contributed by atoms with Crippen LogP contribution in [0.4, 0.5) is 10.1 Å². The van der Waals surface area contributed by atoms with Crippen molar-refractivity contribution in [1.29, 1.82) is 0 Å². The molecule has 1 fully saturated rings. The summed E-state index contributed by atoms with van der Waals surface area (Å²) in [7, 11) is 0. The number of anilines is 1. The van der Waals surface area contributed by atoms with Crippen LogP contribution < -0.4 is 5.32 Å². The molecule has 0 radical (unpaired) electrons. The molecule has 4 heteroatoms. The minimum absolute atomic E-state index is 0.139. The average molecular weight is 363 g/mol. The third-order valence-corrected chi connectivity index (χ3v) is 4.45. The van der Waals surface area contributed by atoms with Gasteiger partial charge in [0, 0.05) is 0 Å². The van der Waals surface area contributed by atoms with E-state index < -0.39 is 0 Å². The van der Waals surface area contributed by atoms with Gasteiger partial charge in [0.1, 0.15) is 5.82 Å². The van der Waals surface area contributed by atoms with E-state index in [9.17, 15) is 4.39 Å². The topological polar surface area (TPSA) is 21.3 Å². The highest BCUT2D eigenvalue weighted by atomic mass is 127. The van der Waals surface area contributed by atoms with Gasteiger partial charge in [0.15, 0.2) is 0 Å². The first-order chi connectivity index (χ1) is 8.21. The monoisotopic (exact) mass is 363 g/mol. The van der Waals surface area contributed by atoms with Gasteiger partial charge < -0.3 is 10.1 Å². The Labute approximate surface area is 121 Å². The molecule has 0 aliphatic carbocycles. The highest BCUT2D eigenvalue weighted by molar-refractivity contribution is 14.1. The van der Waals surface area contributed by atoms with Crippen LogP contribution in [0.5, 0.6) is 0 Å². The molecule has 0 amide bonds. The van der Waals surface area contributed by atoms with Crippen LogP contribution in [-0.2, 0) is 4.74 Å². The maximum Gasteiger partial charge on any atom is 0.138 e. The van der Waals surface area contributed by atoms with Gasteiger partial charge in [-0.3, -0.25) is 0 Å². The SMILES string of the molecule is CC1(C)CC(Nc2cccc(F)c2I)C(C)(C)O1. The number of nitrogens with one attached hydrogen (secondary N) is 1. The van der Waals surface area contributed by atoms with E-state index in [1.54, 1.807) is 6.07 Å². The fraction of sp³-hybridized carbons (Fsp3) is 0.571. The normalized spacial score (nSPS) is 25.1. The van der Waals surface area contributed by atoms with Gasteiger partial charge in [-0.2, -0.15) is 0 Å². The maximum atomic E-state index is 13.5. The number of benzene rings is 1. The molecule has 100 valence electrons. The second-order valence-electron chi connectivity index (χ2n) is 5.97. The van der Waals surface area contributed by atoms with E-state index in [-0.39, 0.29) is 23.1 Å². The summed E-state index contributed by atoms with van der Waals surface area (Å²) in [6.45, 7) is 8.33. The van der Waals surface area contributed by atoms with Gasteiger partial charge in [-0.15, -0.1) is 0 Å². The first-order valence-corrected chi connectivity index (χ1v) is 7.20. The molecule has 1 atom stereocenters. The number of rotatable bonds is 2. The lowest BCUT2D eigenvalue weighted by atomic mass is 9.94. The third-order valence-electron chi connectivity index (χ3n) is 3.36. The molecular weight excluding hydrogens is 344 g/mol. The van der Waals surface area contributed by atoms with Crippen molar-refractivity contribution in [3.05, 3.63) is 27.6 Å². The molecule has 2 rings (SSSR count). The second kappa shape index (κ2) is 4.63. The van der Waals surface area contributed by atoms with Crippen LogP contribution in [0.25, 0.3) is 0 Å². The summed E-state index contributed by atoms with van der Waals surface area (Å²) >= 11 is 2.03. The van der Waals surface area contributed by atoms with E-state index in [4.69, 9.17) is 4.74 Å². The Balaban J connectivity index is 2.22. The Morgan fingerprint density at radius 1 is 1.33 bits per heavy atom. The summed E-state index contributed by atoms with van der Waals surface area (Å²) in [6.07, 6.45) is 0.909. The summed E-state index contributed by atoms with van der Waals surface area (Å²) in [5, 5.41) is 3.42. The highest BCUT2D eigenvalue weighted by Crippen LogP contribution is 2.39. The minimum atomic E-state index is -0.251.